The van der Waals surface area contributed by atoms with Gasteiger partial charge in [-0.05, 0) is 69.4 Å². The molecule has 1 amide bonds. The van der Waals surface area contributed by atoms with Gasteiger partial charge in [-0.25, -0.2) is 0 Å². The van der Waals surface area contributed by atoms with Gasteiger partial charge < -0.3 is 20.7 Å². The van der Waals surface area contributed by atoms with Gasteiger partial charge in [-0.1, -0.05) is 6.07 Å². The highest BCUT2D eigenvalue weighted by molar-refractivity contribution is 5.76. The smallest absolute Gasteiger partial charge is 0.220 e. The molecular formula is C18H29N3O2. The fourth-order valence-electron chi connectivity index (χ4n) is 2.98. The lowest BCUT2D eigenvalue weighted by Crippen LogP contribution is -2.26. The summed E-state index contributed by atoms with van der Waals surface area (Å²) in [7, 11) is 1.60. The fourth-order valence-corrected chi connectivity index (χ4v) is 2.98. The van der Waals surface area contributed by atoms with Gasteiger partial charge in [0.25, 0.3) is 0 Å². The molecule has 1 aliphatic rings. The van der Waals surface area contributed by atoms with Crippen molar-refractivity contribution in [2.45, 2.75) is 38.5 Å². The zero-order valence-electron chi connectivity index (χ0n) is 14.1. The van der Waals surface area contributed by atoms with E-state index in [1.54, 1.807) is 7.11 Å². The molecule has 0 radical (unpaired) electrons. The normalized spacial score (nSPS) is 14.8. The molecule has 5 nitrogen and oxygen atoms in total. The predicted octanol–water partition coefficient (Wildman–Crippen LogP) is 2.20. The number of nitrogens with zero attached hydrogens (tertiary/aromatic N) is 1. The van der Waals surface area contributed by atoms with E-state index in [1.165, 1.54) is 32.5 Å². The molecule has 0 aliphatic carbocycles. The Bertz CT molecular complexity index is 499. The van der Waals surface area contributed by atoms with Crippen LogP contribution >= 0.6 is 0 Å². The number of rotatable bonds is 9. The number of amides is 1. The van der Waals surface area contributed by atoms with Crippen molar-refractivity contribution in [1.82, 2.24) is 10.2 Å². The van der Waals surface area contributed by atoms with Crippen molar-refractivity contribution < 1.29 is 9.53 Å². The van der Waals surface area contributed by atoms with Crippen molar-refractivity contribution in [2.24, 2.45) is 0 Å². The second kappa shape index (κ2) is 9.40. The van der Waals surface area contributed by atoms with E-state index in [1.807, 2.05) is 18.2 Å². The third-order valence-electron chi connectivity index (χ3n) is 4.36. The number of nitrogens with two attached hydrogens (primary N) is 1. The zero-order valence-corrected chi connectivity index (χ0v) is 14.1. The van der Waals surface area contributed by atoms with Crippen molar-refractivity contribution in [3.8, 4) is 5.75 Å². The van der Waals surface area contributed by atoms with Crippen molar-refractivity contribution in [1.29, 1.82) is 0 Å². The Balaban J connectivity index is 1.56. The Labute approximate surface area is 139 Å². The van der Waals surface area contributed by atoms with Gasteiger partial charge in [-0.3, -0.25) is 4.79 Å². The molecule has 1 aliphatic heterocycles. The number of hydrogen-bond donors (Lipinski definition) is 2. The van der Waals surface area contributed by atoms with Gasteiger partial charge in [0.05, 0.1) is 12.8 Å². The molecule has 1 saturated heterocycles. The zero-order chi connectivity index (χ0) is 16.5. The van der Waals surface area contributed by atoms with Crippen molar-refractivity contribution in [3.63, 3.8) is 0 Å². The van der Waals surface area contributed by atoms with Crippen LogP contribution in [-0.2, 0) is 11.2 Å². The van der Waals surface area contributed by atoms with Crippen LogP contribution in [0.3, 0.4) is 0 Å². The van der Waals surface area contributed by atoms with Crippen molar-refractivity contribution in [2.75, 3.05) is 39.0 Å². The summed E-state index contributed by atoms with van der Waals surface area (Å²) in [6.45, 7) is 4.44. The number of likely N-dealkylation sites (tertiary alicyclic amines) is 1. The lowest BCUT2D eigenvalue weighted by Gasteiger charge is -2.14. The minimum absolute atomic E-state index is 0.112. The minimum atomic E-state index is 0.112. The van der Waals surface area contributed by atoms with E-state index in [0.717, 1.165) is 24.9 Å². The molecule has 1 aromatic rings. The Hall–Kier alpha value is -1.75. The highest BCUT2D eigenvalue weighted by Crippen LogP contribution is 2.22. The Morgan fingerprint density at radius 1 is 1.30 bits per heavy atom. The molecule has 0 aromatic heterocycles. The van der Waals surface area contributed by atoms with Crippen LogP contribution in [0, 0.1) is 0 Å². The maximum absolute atomic E-state index is 11.9. The van der Waals surface area contributed by atoms with Crippen LogP contribution in [0.25, 0.3) is 0 Å². The van der Waals surface area contributed by atoms with E-state index < -0.39 is 0 Å². The van der Waals surface area contributed by atoms with Gasteiger partial charge >= 0.3 is 0 Å². The first kappa shape index (κ1) is 17.6. The first-order valence-corrected chi connectivity index (χ1v) is 8.60. The SMILES string of the molecule is COc1ccc(CCC(=O)NCCCCN2CCCC2)cc1N. The highest BCUT2D eigenvalue weighted by atomic mass is 16.5. The number of aryl methyl sites for hydroxylation is 1. The number of nitrogen functional groups attached to an aromatic ring is 1. The number of hydrogen-bond acceptors (Lipinski definition) is 4. The summed E-state index contributed by atoms with van der Waals surface area (Å²) in [5.41, 5.74) is 7.55. The number of anilines is 1. The molecule has 5 heteroatoms. The van der Waals surface area contributed by atoms with Crippen LogP contribution in [-0.4, -0.2) is 44.1 Å². The maximum atomic E-state index is 11.9. The van der Waals surface area contributed by atoms with E-state index in [0.29, 0.717) is 24.3 Å². The van der Waals surface area contributed by atoms with Crippen LogP contribution < -0.4 is 15.8 Å². The predicted molar refractivity (Wildman–Crippen MR) is 93.6 cm³/mol. The Kier molecular flexibility index (Phi) is 7.20. The topological polar surface area (TPSA) is 67.6 Å². The van der Waals surface area contributed by atoms with Crippen LogP contribution in [0.1, 0.15) is 37.7 Å². The molecule has 2 rings (SSSR count). The summed E-state index contributed by atoms with van der Waals surface area (Å²) in [5.74, 6) is 0.789. The van der Waals surface area contributed by atoms with E-state index >= 15 is 0 Å². The summed E-state index contributed by atoms with van der Waals surface area (Å²) < 4.78 is 5.13. The Morgan fingerprint density at radius 3 is 2.78 bits per heavy atom. The molecule has 0 saturated carbocycles. The summed E-state index contributed by atoms with van der Waals surface area (Å²) in [4.78, 5) is 14.4. The number of ether oxygens (including phenoxy) is 1. The van der Waals surface area contributed by atoms with E-state index in [4.69, 9.17) is 10.5 Å². The Morgan fingerprint density at radius 2 is 2.09 bits per heavy atom. The molecule has 0 atom stereocenters. The molecule has 1 heterocycles. The summed E-state index contributed by atoms with van der Waals surface area (Å²) >= 11 is 0. The van der Waals surface area contributed by atoms with Gasteiger partial charge in [0, 0.05) is 13.0 Å². The number of carbonyl (C=O) groups excluding carboxylic acids is 1. The number of unbranched alkanes of at least 4 members (excludes halogenated alkanes) is 1. The van der Waals surface area contributed by atoms with E-state index in [9.17, 15) is 4.79 Å². The largest absolute Gasteiger partial charge is 0.495 e. The number of nitrogens with one attached hydrogen (secondary N) is 1. The van der Waals surface area contributed by atoms with Gasteiger partial charge in [-0.15, -0.1) is 0 Å². The quantitative estimate of drug-likeness (QED) is 0.541. The summed E-state index contributed by atoms with van der Waals surface area (Å²) in [6, 6.07) is 5.68. The molecule has 128 valence electrons. The summed E-state index contributed by atoms with van der Waals surface area (Å²) in [5, 5.41) is 3.00. The number of methoxy groups -OCH3 is 1. The maximum Gasteiger partial charge on any atom is 0.220 e. The van der Waals surface area contributed by atoms with Gasteiger partial charge in [0.15, 0.2) is 0 Å². The molecule has 0 spiro atoms. The van der Waals surface area contributed by atoms with Gasteiger partial charge in [-0.2, -0.15) is 0 Å². The molecule has 0 bridgehead atoms. The lowest BCUT2D eigenvalue weighted by atomic mass is 10.1. The summed E-state index contributed by atoms with van der Waals surface area (Å²) in [6.07, 6.45) is 6.10. The molecule has 3 N–H and O–H groups in total. The fraction of sp³-hybridized carbons (Fsp3) is 0.611. The van der Waals surface area contributed by atoms with Crippen molar-refractivity contribution >= 4 is 11.6 Å². The molecular weight excluding hydrogens is 290 g/mol. The first-order valence-electron chi connectivity index (χ1n) is 8.60. The van der Waals surface area contributed by atoms with Crippen LogP contribution in [0.15, 0.2) is 18.2 Å². The standard InChI is InChI=1S/C18H29N3O2/c1-23-17-8-6-15(14-16(17)19)7-9-18(22)20-10-2-3-11-21-12-4-5-13-21/h6,8,14H,2-5,7,9-13,19H2,1H3,(H,20,22). The second-order valence-corrected chi connectivity index (χ2v) is 6.18. The molecule has 23 heavy (non-hydrogen) atoms. The van der Waals surface area contributed by atoms with E-state index in [-0.39, 0.29) is 5.91 Å². The monoisotopic (exact) mass is 319 g/mol. The van der Waals surface area contributed by atoms with Gasteiger partial charge in [0.1, 0.15) is 5.75 Å². The van der Waals surface area contributed by atoms with Gasteiger partial charge in [0.2, 0.25) is 5.91 Å². The molecule has 1 fully saturated rings. The second-order valence-electron chi connectivity index (χ2n) is 6.18. The number of benzene rings is 1. The lowest BCUT2D eigenvalue weighted by molar-refractivity contribution is -0.121. The minimum Gasteiger partial charge on any atom is -0.495 e. The van der Waals surface area contributed by atoms with E-state index in [2.05, 4.69) is 10.2 Å². The third kappa shape index (κ3) is 6.10. The van der Waals surface area contributed by atoms with Crippen LogP contribution in [0.4, 0.5) is 5.69 Å². The first-order chi connectivity index (χ1) is 11.2. The number of carbonyl (C=O) groups is 1. The van der Waals surface area contributed by atoms with Crippen LogP contribution in [0.5, 0.6) is 5.75 Å². The third-order valence-corrected chi connectivity index (χ3v) is 4.36. The average molecular weight is 319 g/mol. The molecule has 1 aromatic carbocycles. The average Bonchev–Trinajstić information content (AvgIpc) is 3.06. The molecule has 0 unspecified atom stereocenters. The van der Waals surface area contributed by atoms with Crippen LogP contribution in [0.2, 0.25) is 0 Å². The van der Waals surface area contributed by atoms with Crippen molar-refractivity contribution in [3.05, 3.63) is 23.8 Å². The highest BCUT2D eigenvalue weighted by Gasteiger charge is 2.10.